The van der Waals surface area contributed by atoms with Gasteiger partial charge < -0.3 is 35.6 Å². The van der Waals surface area contributed by atoms with Crippen molar-refractivity contribution in [2.75, 3.05) is 37.7 Å². The van der Waals surface area contributed by atoms with E-state index in [0.29, 0.717) is 31.6 Å². The van der Waals surface area contributed by atoms with E-state index in [1.54, 1.807) is 11.1 Å². The van der Waals surface area contributed by atoms with E-state index in [9.17, 15) is 38.2 Å². The first-order valence-corrected chi connectivity index (χ1v) is 17.8. The van der Waals surface area contributed by atoms with Crippen LogP contribution in [-0.2, 0) is 25.7 Å². The van der Waals surface area contributed by atoms with Gasteiger partial charge in [0.1, 0.15) is 30.4 Å². The van der Waals surface area contributed by atoms with E-state index >= 15 is 0 Å². The van der Waals surface area contributed by atoms with Gasteiger partial charge in [-0.25, -0.2) is 13.6 Å². The highest BCUT2D eigenvalue weighted by Crippen LogP contribution is 2.39. The quantitative estimate of drug-likeness (QED) is 0.164. The predicted molar refractivity (Wildman–Crippen MR) is 192 cm³/mol. The van der Waals surface area contributed by atoms with Crippen LogP contribution in [-0.4, -0.2) is 98.2 Å². The zero-order valence-electron chi connectivity index (χ0n) is 28.9. The molecule has 5 N–H and O–H groups in total. The van der Waals surface area contributed by atoms with Crippen molar-refractivity contribution in [3.63, 3.8) is 0 Å². The molecule has 0 fully saturated rings. The molecule has 0 bridgehead atoms. The Balaban J connectivity index is 1.54. The molecule has 1 aromatic heterocycles. The van der Waals surface area contributed by atoms with E-state index < -0.39 is 53.6 Å². The highest BCUT2D eigenvalue weighted by atomic mass is 32.2. The maximum atomic E-state index is 15.0. The zero-order valence-corrected chi connectivity index (χ0v) is 29.7. The number of carbonyl (C=O) groups is 4. The fourth-order valence-electron chi connectivity index (χ4n) is 5.83. The Morgan fingerprint density at radius 2 is 1.82 bits per heavy atom. The molecule has 0 spiro atoms. The highest BCUT2D eigenvalue weighted by molar-refractivity contribution is 8.00. The molecular formula is C37H45F2N5O6S. The molecule has 2 heterocycles. The first-order valence-electron chi connectivity index (χ1n) is 16.6. The van der Waals surface area contributed by atoms with Gasteiger partial charge in [0.05, 0.1) is 5.75 Å². The summed E-state index contributed by atoms with van der Waals surface area (Å²) in [6, 6.07) is 13.6. The fraction of sp³-hybridized carbons (Fsp3) is 0.405. The van der Waals surface area contributed by atoms with Crippen LogP contribution in [0.5, 0.6) is 0 Å². The summed E-state index contributed by atoms with van der Waals surface area (Å²) in [7, 11) is 0. The lowest BCUT2D eigenvalue weighted by atomic mass is 9.78. The number of amides is 3. The lowest BCUT2D eigenvalue weighted by Gasteiger charge is -2.36. The number of aliphatic hydroxyl groups is 1. The summed E-state index contributed by atoms with van der Waals surface area (Å²) in [5, 5.41) is 21.9. The molecule has 11 nitrogen and oxygen atoms in total. The standard InChI is InChI=1S/C37H45F2N5O6S/c1-37(2,3)28(31-16-25(27-17-26(38)10-11-29(27)39)19-43(31)18-24-8-5-4-6-9-24)20-42(15-7-14-40)35(48)23-51-22-30(36(49)50)41-32(45)21-44-33(46)12-13-34(44)47/h4-6,8-13,16-17,19,28,30,33,46H,7,14-15,18,20-23,40H2,1-3H3,(H,41,45)(H,49,50)/t28-,30-,33?/m0/s1. The van der Waals surface area contributed by atoms with Crippen LogP contribution in [0.25, 0.3) is 11.1 Å². The fourth-order valence-corrected chi connectivity index (χ4v) is 6.77. The molecule has 1 aliphatic heterocycles. The van der Waals surface area contributed by atoms with Crippen LogP contribution in [0, 0.1) is 17.0 Å². The van der Waals surface area contributed by atoms with Crippen LogP contribution < -0.4 is 11.1 Å². The van der Waals surface area contributed by atoms with Crippen molar-refractivity contribution >= 4 is 35.5 Å². The SMILES string of the molecule is CC(C)(C)[C@@H](CN(CCCN)C(=O)CSC[C@H](NC(=O)CN1C(=O)C=CC1O)C(=O)O)c1cc(-c2cc(F)ccc2F)cn1Cc1ccccc1. The van der Waals surface area contributed by atoms with Gasteiger partial charge in [0.15, 0.2) is 0 Å². The van der Waals surface area contributed by atoms with Crippen molar-refractivity contribution in [1.82, 2.24) is 19.7 Å². The van der Waals surface area contributed by atoms with E-state index in [4.69, 9.17) is 5.73 Å². The Bertz CT molecular complexity index is 1730. The monoisotopic (exact) mass is 725 g/mol. The second-order valence-electron chi connectivity index (χ2n) is 13.5. The summed E-state index contributed by atoms with van der Waals surface area (Å²) in [5.74, 6) is -4.51. The second-order valence-corrected chi connectivity index (χ2v) is 14.5. The van der Waals surface area contributed by atoms with Crippen molar-refractivity contribution < 1.29 is 38.2 Å². The number of aromatic nitrogens is 1. The molecule has 0 radical (unpaired) electrons. The third-order valence-electron chi connectivity index (χ3n) is 8.63. The molecule has 0 saturated heterocycles. The van der Waals surface area contributed by atoms with Crippen LogP contribution in [0.15, 0.2) is 72.9 Å². The molecular weight excluding hydrogens is 680 g/mol. The third kappa shape index (κ3) is 10.7. The number of nitrogens with two attached hydrogens (primary N) is 1. The second kappa shape index (κ2) is 17.6. The highest BCUT2D eigenvalue weighted by Gasteiger charge is 2.33. The summed E-state index contributed by atoms with van der Waals surface area (Å²) in [5.41, 5.74) is 7.90. The number of nitrogens with zero attached hydrogens (tertiary/aromatic N) is 3. The number of nitrogens with one attached hydrogen (secondary N) is 1. The van der Waals surface area contributed by atoms with Gasteiger partial charge in [-0.3, -0.25) is 14.4 Å². The van der Waals surface area contributed by atoms with Crippen LogP contribution in [0.2, 0.25) is 0 Å². The van der Waals surface area contributed by atoms with Gasteiger partial charge in [-0.2, -0.15) is 0 Å². The van der Waals surface area contributed by atoms with Crippen molar-refractivity contribution in [3.8, 4) is 11.1 Å². The lowest BCUT2D eigenvalue weighted by molar-refractivity contribution is -0.142. The minimum atomic E-state index is -1.35. The van der Waals surface area contributed by atoms with E-state index in [2.05, 4.69) is 5.32 Å². The van der Waals surface area contributed by atoms with E-state index in [1.165, 1.54) is 12.1 Å². The van der Waals surface area contributed by atoms with Crippen molar-refractivity contribution in [2.45, 2.75) is 51.9 Å². The molecule has 1 aliphatic rings. The summed E-state index contributed by atoms with van der Waals surface area (Å²) in [6.45, 7) is 7.01. The van der Waals surface area contributed by atoms with Crippen LogP contribution in [0.4, 0.5) is 8.78 Å². The number of carboxylic acids is 1. The largest absolute Gasteiger partial charge is 0.480 e. The number of rotatable bonds is 17. The molecule has 3 aromatic rings. The molecule has 0 aliphatic carbocycles. The molecule has 2 aromatic carbocycles. The zero-order chi connectivity index (χ0) is 37.3. The van der Waals surface area contributed by atoms with Gasteiger partial charge in [0, 0.05) is 60.4 Å². The smallest absolute Gasteiger partial charge is 0.327 e. The molecule has 3 atom stereocenters. The van der Waals surface area contributed by atoms with Crippen molar-refractivity contribution in [2.24, 2.45) is 11.1 Å². The predicted octanol–water partition coefficient (Wildman–Crippen LogP) is 3.81. The Morgan fingerprint density at radius 1 is 1.10 bits per heavy atom. The van der Waals surface area contributed by atoms with E-state index in [1.807, 2.05) is 61.7 Å². The number of hydrogen-bond acceptors (Lipinski definition) is 7. The van der Waals surface area contributed by atoms with Crippen molar-refractivity contribution in [1.29, 1.82) is 0 Å². The number of thioether (sulfide) groups is 1. The Morgan fingerprint density at radius 3 is 2.45 bits per heavy atom. The Kier molecular flexibility index (Phi) is 13.6. The Labute approximate surface area is 300 Å². The number of carbonyl (C=O) groups excluding carboxylic acids is 3. The van der Waals surface area contributed by atoms with Gasteiger partial charge in [0.2, 0.25) is 17.7 Å². The topological polar surface area (TPSA) is 158 Å². The maximum absolute atomic E-state index is 15.0. The van der Waals surface area contributed by atoms with Crippen molar-refractivity contribution in [3.05, 3.63) is 95.8 Å². The molecule has 51 heavy (non-hydrogen) atoms. The van der Waals surface area contributed by atoms with Gasteiger partial charge >= 0.3 is 5.97 Å². The molecule has 3 amide bonds. The molecule has 274 valence electrons. The third-order valence-corrected chi connectivity index (χ3v) is 9.65. The average molecular weight is 726 g/mol. The molecule has 0 saturated carbocycles. The summed E-state index contributed by atoms with van der Waals surface area (Å²) in [6.07, 6.45) is 3.39. The lowest BCUT2D eigenvalue weighted by Crippen LogP contribution is -2.49. The Hall–Kier alpha value is -4.53. The van der Waals surface area contributed by atoms with Crippen LogP contribution >= 0.6 is 11.8 Å². The first-order chi connectivity index (χ1) is 24.2. The number of aliphatic carboxylic acids is 1. The molecule has 14 heteroatoms. The maximum Gasteiger partial charge on any atom is 0.327 e. The van der Waals surface area contributed by atoms with Gasteiger partial charge in [-0.05, 0) is 54.3 Å². The average Bonchev–Trinajstić information content (AvgIpc) is 3.62. The number of halogens is 2. The number of benzene rings is 2. The molecule has 4 rings (SSSR count). The van der Waals surface area contributed by atoms with Gasteiger partial charge in [0.25, 0.3) is 0 Å². The summed E-state index contributed by atoms with van der Waals surface area (Å²) >= 11 is 1.04. The first kappa shape index (κ1) is 39.3. The number of aliphatic hydroxyl groups excluding tert-OH is 1. The number of carboxylic acid groups (broad SMARTS) is 1. The normalized spacial score (nSPS) is 15.5. The van der Waals surface area contributed by atoms with E-state index in [-0.39, 0.29) is 35.4 Å². The van der Waals surface area contributed by atoms with Gasteiger partial charge in [-0.1, -0.05) is 51.1 Å². The summed E-state index contributed by atoms with van der Waals surface area (Å²) < 4.78 is 31.3. The van der Waals surface area contributed by atoms with Gasteiger partial charge in [-0.15, -0.1) is 11.8 Å². The van der Waals surface area contributed by atoms with E-state index in [0.717, 1.165) is 46.1 Å². The summed E-state index contributed by atoms with van der Waals surface area (Å²) in [4.78, 5) is 52.6. The minimum Gasteiger partial charge on any atom is -0.480 e. The minimum absolute atomic E-state index is 0.0842. The van der Waals surface area contributed by atoms with Crippen LogP contribution in [0.1, 0.15) is 44.4 Å². The number of hydrogen-bond donors (Lipinski definition) is 4. The molecule has 1 unspecified atom stereocenters. The van der Waals surface area contributed by atoms with Crippen LogP contribution in [0.3, 0.4) is 0 Å².